The van der Waals surface area contributed by atoms with Gasteiger partial charge in [0.05, 0.1) is 0 Å². The van der Waals surface area contributed by atoms with Crippen molar-refractivity contribution in [3.63, 3.8) is 0 Å². The highest BCUT2D eigenvalue weighted by molar-refractivity contribution is 5.79. The molecule has 7 nitrogen and oxygen atoms in total. The van der Waals surface area contributed by atoms with E-state index in [-0.39, 0.29) is 11.8 Å². The second-order valence-corrected chi connectivity index (χ2v) is 9.00. The summed E-state index contributed by atoms with van der Waals surface area (Å²) in [5, 5.41) is 16.6. The number of nitrogens with one attached hydrogen (secondary N) is 1. The Hall–Kier alpha value is -3.74. The van der Waals surface area contributed by atoms with Gasteiger partial charge in [-0.1, -0.05) is 61.0 Å². The largest absolute Gasteiger partial charge is 0.355 e. The van der Waals surface area contributed by atoms with E-state index in [4.69, 9.17) is 5.10 Å². The number of hydrogen-bond acceptors (Lipinski definition) is 5. The molecule has 0 atom stereocenters. The fourth-order valence-corrected chi connectivity index (χ4v) is 4.43. The van der Waals surface area contributed by atoms with E-state index in [0.717, 1.165) is 60.8 Å². The lowest BCUT2D eigenvalue weighted by Crippen LogP contribution is -2.40. The average molecular weight is 455 g/mol. The quantitative estimate of drug-likeness (QED) is 0.473. The van der Waals surface area contributed by atoms with Gasteiger partial charge in [0.1, 0.15) is 5.82 Å². The van der Waals surface area contributed by atoms with E-state index >= 15 is 0 Å². The lowest BCUT2D eigenvalue weighted by Gasteiger charge is -2.32. The smallest absolute Gasteiger partial charge is 0.223 e. The molecule has 1 aliphatic heterocycles. The van der Waals surface area contributed by atoms with Gasteiger partial charge < -0.3 is 10.2 Å². The van der Waals surface area contributed by atoms with Gasteiger partial charge in [-0.15, -0.1) is 15.3 Å². The van der Waals surface area contributed by atoms with Crippen LogP contribution in [0.3, 0.4) is 0 Å². The number of carbonyl (C=O) groups is 1. The van der Waals surface area contributed by atoms with Crippen molar-refractivity contribution in [2.75, 3.05) is 18.0 Å². The maximum atomic E-state index is 12.7. The molecule has 0 spiro atoms. The molecule has 1 saturated heterocycles. The molecule has 4 aromatic rings. The van der Waals surface area contributed by atoms with Crippen LogP contribution in [0, 0.1) is 12.8 Å². The molecule has 1 aliphatic rings. The number of hydrogen-bond donors (Lipinski definition) is 1. The summed E-state index contributed by atoms with van der Waals surface area (Å²) in [5.41, 5.74) is 5.36. The molecule has 174 valence electrons. The number of aryl methyl sites for hydroxylation is 2. The Kier molecular flexibility index (Phi) is 6.25. The summed E-state index contributed by atoms with van der Waals surface area (Å²) in [4.78, 5) is 15.0. The molecule has 2 aromatic carbocycles. The monoisotopic (exact) mass is 454 g/mol. The summed E-state index contributed by atoms with van der Waals surface area (Å²) in [7, 11) is 0. The summed E-state index contributed by atoms with van der Waals surface area (Å²) in [6.45, 7) is 6.38. The van der Waals surface area contributed by atoms with Crippen molar-refractivity contribution >= 4 is 17.4 Å². The van der Waals surface area contributed by atoms with Crippen LogP contribution in [-0.2, 0) is 17.8 Å². The maximum Gasteiger partial charge on any atom is 0.223 e. The minimum Gasteiger partial charge on any atom is -0.355 e. The lowest BCUT2D eigenvalue weighted by atomic mass is 9.96. The first-order valence-corrected chi connectivity index (χ1v) is 12.0. The van der Waals surface area contributed by atoms with E-state index in [1.807, 2.05) is 28.8 Å². The standard InChI is InChI=1S/C27H30N6O/c1-3-20-6-8-21(9-7-20)18-28-27(34)23-14-16-32(17-15-23)25-13-12-24-29-30-26(33(24)31-25)22-10-4-19(2)5-11-22/h4-13,23H,3,14-18H2,1-2H3,(H,28,34). The van der Waals surface area contributed by atoms with Crippen LogP contribution in [-0.4, -0.2) is 38.8 Å². The number of rotatable bonds is 6. The molecule has 0 unspecified atom stereocenters. The van der Waals surface area contributed by atoms with Gasteiger partial charge in [0.25, 0.3) is 0 Å². The molecule has 7 heteroatoms. The van der Waals surface area contributed by atoms with E-state index < -0.39 is 0 Å². The van der Waals surface area contributed by atoms with Crippen molar-refractivity contribution in [2.24, 2.45) is 5.92 Å². The molecular formula is C27H30N6O. The van der Waals surface area contributed by atoms with E-state index in [1.165, 1.54) is 11.1 Å². The Morgan fingerprint density at radius 2 is 1.65 bits per heavy atom. The zero-order chi connectivity index (χ0) is 23.5. The third-order valence-electron chi connectivity index (χ3n) is 6.65. The Bertz CT molecular complexity index is 1270. The summed E-state index contributed by atoms with van der Waals surface area (Å²) in [5.74, 6) is 1.80. The third kappa shape index (κ3) is 4.64. The van der Waals surface area contributed by atoms with E-state index in [9.17, 15) is 4.79 Å². The Morgan fingerprint density at radius 3 is 2.35 bits per heavy atom. The number of benzene rings is 2. The first-order chi connectivity index (χ1) is 16.6. The van der Waals surface area contributed by atoms with Gasteiger partial charge in [0.2, 0.25) is 5.91 Å². The van der Waals surface area contributed by atoms with Crippen molar-refractivity contribution in [3.8, 4) is 11.4 Å². The summed E-state index contributed by atoms with van der Waals surface area (Å²) in [6.07, 6.45) is 2.65. The van der Waals surface area contributed by atoms with Gasteiger partial charge in [0, 0.05) is 31.1 Å². The normalized spacial score (nSPS) is 14.5. The van der Waals surface area contributed by atoms with Crippen LogP contribution < -0.4 is 10.2 Å². The first-order valence-electron chi connectivity index (χ1n) is 12.0. The molecule has 1 fully saturated rings. The minimum absolute atomic E-state index is 0.0351. The highest BCUT2D eigenvalue weighted by Crippen LogP contribution is 2.24. The van der Waals surface area contributed by atoms with Gasteiger partial charge in [-0.25, -0.2) is 0 Å². The van der Waals surface area contributed by atoms with E-state index in [2.05, 4.69) is 70.7 Å². The number of carbonyl (C=O) groups excluding carboxylic acids is 1. The highest BCUT2D eigenvalue weighted by atomic mass is 16.1. The zero-order valence-corrected chi connectivity index (χ0v) is 19.7. The summed E-state index contributed by atoms with van der Waals surface area (Å²) in [6, 6.07) is 20.6. The van der Waals surface area contributed by atoms with Crippen LogP contribution >= 0.6 is 0 Å². The number of piperidine rings is 1. The van der Waals surface area contributed by atoms with Crippen LogP contribution in [0.15, 0.2) is 60.7 Å². The molecule has 1 N–H and O–H groups in total. The fraction of sp³-hybridized carbons (Fsp3) is 0.333. The van der Waals surface area contributed by atoms with Crippen LogP contribution in [0.1, 0.15) is 36.5 Å². The minimum atomic E-state index is 0.0351. The van der Waals surface area contributed by atoms with Crippen molar-refractivity contribution in [1.29, 1.82) is 0 Å². The summed E-state index contributed by atoms with van der Waals surface area (Å²) >= 11 is 0. The molecule has 0 radical (unpaired) electrons. The average Bonchev–Trinajstić information content (AvgIpc) is 3.31. The van der Waals surface area contributed by atoms with Crippen LogP contribution in [0.2, 0.25) is 0 Å². The van der Waals surface area contributed by atoms with Crippen LogP contribution in [0.5, 0.6) is 0 Å². The predicted octanol–water partition coefficient (Wildman–Crippen LogP) is 4.19. The van der Waals surface area contributed by atoms with Gasteiger partial charge in [-0.2, -0.15) is 4.52 Å². The number of anilines is 1. The topological polar surface area (TPSA) is 75.4 Å². The molecule has 5 rings (SSSR count). The van der Waals surface area contributed by atoms with Crippen molar-refractivity contribution < 1.29 is 4.79 Å². The number of amides is 1. The van der Waals surface area contributed by atoms with E-state index in [0.29, 0.717) is 6.54 Å². The molecular weight excluding hydrogens is 424 g/mol. The first kappa shape index (κ1) is 22.1. The molecule has 1 amide bonds. The second-order valence-electron chi connectivity index (χ2n) is 9.00. The molecule has 0 saturated carbocycles. The molecule has 34 heavy (non-hydrogen) atoms. The lowest BCUT2D eigenvalue weighted by molar-refractivity contribution is -0.125. The highest BCUT2D eigenvalue weighted by Gasteiger charge is 2.26. The predicted molar refractivity (Wildman–Crippen MR) is 134 cm³/mol. The molecule has 0 bridgehead atoms. The number of fused-ring (bicyclic) bond motifs is 1. The Labute approximate surface area is 199 Å². The summed E-state index contributed by atoms with van der Waals surface area (Å²) < 4.78 is 1.81. The van der Waals surface area contributed by atoms with Crippen molar-refractivity contribution in [3.05, 3.63) is 77.4 Å². The van der Waals surface area contributed by atoms with E-state index in [1.54, 1.807) is 0 Å². The molecule has 2 aromatic heterocycles. The van der Waals surface area contributed by atoms with Crippen molar-refractivity contribution in [2.45, 2.75) is 39.7 Å². The molecule has 0 aliphatic carbocycles. The van der Waals surface area contributed by atoms with Crippen LogP contribution in [0.25, 0.3) is 17.0 Å². The fourth-order valence-electron chi connectivity index (χ4n) is 4.43. The second kappa shape index (κ2) is 9.63. The number of nitrogens with zero attached hydrogens (tertiary/aromatic N) is 5. The van der Waals surface area contributed by atoms with Crippen LogP contribution in [0.4, 0.5) is 5.82 Å². The Balaban J connectivity index is 1.21. The third-order valence-corrected chi connectivity index (χ3v) is 6.65. The van der Waals surface area contributed by atoms with Gasteiger partial charge in [0.15, 0.2) is 11.5 Å². The van der Waals surface area contributed by atoms with Crippen molar-refractivity contribution in [1.82, 2.24) is 25.1 Å². The van der Waals surface area contributed by atoms with Gasteiger partial charge in [-0.05, 0) is 49.4 Å². The van der Waals surface area contributed by atoms with Gasteiger partial charge in [-0.3, -0.25) is 4.79 Å². The number of aromatic nitrogens is 4. The van der Waals surface area contributed by atoms with Gasteiger partial charge >= 0.3 is 0 Å². The maximum absolute atomic E-state index is 12.7. The molecule has 3 heterocycles. The Morgan fingerprint density at radius 1 is 0.941 bits per heavy atom. The SMILES string of the molecule is CCc1ccc(CNC(=O)C2CCN(c3ccc4nnc(-c5ccc(C)cc5)n4n3)CC2)cc1. The zero-order valence-electron chi connectivity index (χ0n) is 19.7.